The molecule has 150 valence electrons. The molecule has 0 radical (unpaired) electrons. The molecule has 1 saturated heterocycles. The first-order chi connectivity index (χ1) is 14.0. The lowest BCUT2D eigenvalue weighted by Crippen LogP contribution is -2.48. The van der Waals surface area contributed by atoms with E-state index in [9.17, 15) is 14.9 Å². The SMILES string of the molecule is O=C(c1cc(Cl)ccc1[N+](=O)[O-])N1CCN(Cc2nc(-c3cccs3)no2)CC1. The average Bonchev–Trinajstić information content (AvgIpc) is 3.39. The van der Waals surface area contributed by atoms with Crippen molar-refractivity contribution in [2.75, 3.05) is 26.2 Å². The van der Waals surface area contributed by atoms with Gasteiger partial charge in [-0.2, -0.15) is 4.98 Å². The number of halogens is 1. The van der Waals surface area contributed by atoms with E-state index < -0.39 is 10.8 Å². The van der Waals surface area contributed by atoms with Gasteiger partial charge in [0.2, 0.25) is 11.7 Å². The molecule has 0 aliphatic carbocycles. The molecule has 0 atom stereocenters. The molecule has 1 aromatic carbocycles. The number of nitrogens with zero attached hydrogens (tertiary/aromatic N) is 5. The third-order valence-electron chi connectivity index (χ3n) is 4.61. The van der Waals surface area contributed by atoms with Gasteiger partial charge < -0.3 is 9.42 Å². The number of hydrogen-bond donors (Lipinski definition) is 0. The maximum Gasteiger partial charge on any atom is 0.282 e. The molecule has 2 aromatic heterocycles. The lowest BCUT2D eigenvalue weighted by molar-refractivity contribution is -0.385. The summed E-state index contributed by atoms with van der Waals surface area (Å²) < 4.78 is 5.32. The molecule has 0 bridgehead atoms. The predicted octanol–water partition coefficient (Wildman–Crippen LogP) is 3.32. The van der Waals surface area contributed by atoms with E-state index in [1.165, 1.54) is 18.2 Å². The van der Waals surface area contributed by atoms with Crippen molar-refractivity contribution in [3.63, 3.8) is 0 Å². The van der Waals surface area contributed by atoms with Crippen LogP contribution < -0.4 is 0 Å². The summed E-state index contributed by atoms with van der Waals surface area (Å²) in [6.45, 7) is 2.55. The van der Waals surface area contributed by atoms with E-state index in [-0.39, 0.29) is 16.3 Å². The molecule has 1 fully saturated rings. The Morgan fingerprint density at radius 2 is 2.07 bits per heavy atom. The molecule has 1 amide bonds. The minimum absolute atomic E-state index is 0.00782. The lowest BCUT2D eigenvalue weighted by Gasteiger charge is -2.33. The summed E-state index contributed by atoms with van der Waals surface area (Å²) in [5, 5.41) is 17.5. The number of nitro groups is 1. The zero-order chi connectivity index (χ0) is 20.4. The Labute approximate surface area is 174 Å². The maximum atomic E-state index is 12.8. The summed E-state index contributed by atoms with van der Waals surface area (Å²) in [5.74, 6) is 0.687. The highest BCUT2D eigenvalue weighted by atomic mass is 35.5. The van der Waals surface area contributed by atoms with Gasteiger partial charge in [-0.15, -0.1) is 11.3 Å². The van der Waals surface area contributed by atoms with Crippen LogP contribution in [0.3, 0.4) is 0 Å². The summed E-state index contributed by atoms with van der Waals surface area (Å²) in [6, 6.07) is 7.87. The third kappa shape index (κ3) is 4.29. The Bertz CT molecular complexity index is 1030. The topological polar surface area (TPSA) is 106 Å². The number of carbonyl (C=O) groups excluding carboxylic acids is 1. The van der Waals surface area contributed by atoms with Crippen molar-refractivity contribution in [1.82, 2.24) is 19.9 Å². The van der Waals surface area contributed by atoms with E-state index in [0.29, 0.717) is 44.4 Å². The van der Waals surface area contributed by atoms with Crippen LogP contribution in [0.4, 0.5) is 5.69 Å². The van der Waals surface area contributed by atoms with Crippen molar-refractivity contribution >= 4 is 34.5 Å². The molecule has 0 N–H and O–H groups in total. The number of carbonyl (C=O) groups is 1. The molecule has 3 heterocycles. The maximum absolute atomic E-state index is 12.8. The number of thiophene rings is 1. The van der Waals surface area contributed by atoms with Crippen LogP contribution in [0.25, 0.3) is 10.7 Å². The smallest absolute Gasteiger partial charge is 0.282 e. The summed E-state index contributed by atoms with van der Waals surface area (Å²) in [7, 11) is 0. The molecule has 9 nitrogen and oxygen atoms in total. The number of piperazine rings is 1. The van der Waals surface area contributed by atoms with Gasteiger partial charge in [-0.3, -0.25) is 19.8 Å². The van der Waals surface area contributed by atoms with Crippen molar-refractivity contribution in [3.8, 4) is 10.7 Å². The van der Waals surface area contributed by atoms with Crippen molar-refractivity contribution in [2.45, 2.75) is 6.54 Å². The highest BCUT2D eigenvalue weighted by molar-refractivity contribution is 7.13. The van der Waals surface area contributed by atoms with Crippen molar-refractivity contribution in [2.24, 2.45) is 0 Å². The number of nitro benzene ring substituents is 1. The van der Waals surface area contributed by atoms with Gasteiger partial charge in [0.15, 0.2) is 0 Å². The minimum atomic E-state index is -0.569. The third-order valence-corrected chi connectivity index (χ3v) is 5.71. The molecular weight excluding hydrogens is 418 g/mol. The number of rotatable bonds is 5. The molecule has 0 spiro atoms. The monoisotopic (exact) mass is 433 g/mol. The van der Waals surface area contributed by atoms with Crippen LogP contribution in [-0.4, -0.2) is 56.9 Å². The first kappa shape index (κ1) is 19.5. The van der Waals surface area contributed by atoms with Crippen LogP contribution >= 0.6 is 22.9 Å². The van der Waals surface area contributed by atoms with Gasteiger partial charge in [0.1, 0.15) is 5.56 Å². The largest absolute Gasteiger partial charge is 0.338 e. The minimum Gasteiger partial charge on any atom is -0.338 e. The molecule has 3 aromatic rings. The standard InChI is InChI=1S/C18H16ClN5O4S/c19-12-3-4-14(24(26)27)13(10-12)18(25)23-7-5-22(6-8-23)11-16-20-17(21-28-16)15-2-1-9-29-15/h1-4,9-10H,5-8,11H2. The average molecular weight is 434 g/mol. The zero-order valence-corrected chi connectivity index (χ0v) is 16.7. The Morgan fingerprint density at radius 1 is 1.28 bits per heavy atom. The van der Waals surface area contributed by atoms with Crippen molar-refractivity contribution in [1.29, 1.82) is 0 Å². The molecule has 1 aliphatic rings. The Balaban J connectivity index is 1.38. The second kappa shape index (κ2) is 8.27. The first-order valence-corrected chi connectivity index (χ1v) is 10.1. The fourth-order valence-corrected chi connectivity index (χ4v) is 3.96. The number of hydrogen-bond acceptors (Lipinski definition) is 8. The summed E-state index contributed by atoms with van der Waals surface area (Å²) in [5.41, 5.74) is -0.234. The summed E-state index contributed by atoms with van der Waals surface area (Å²) >= 11 is 7.47. The highest BCUT2D eigenvalue weighted by Gasteiger charge is 2.28. The molecule has 11 heteroatoms. The quantitative estimate of drug-likeness (QED) is 0.448. The zero-order valence-electron chi connectivity index (χ0n) is 15.2. The predicted molar refractivity (Wildman–Crippen MR) is 107 cm³/mol. The normalized spacial score (nSPS) is 14.9. The van der Waals surface area contributed by atoms with E-state index >= 15 is 0 Å². The fourth-order valence-electron chi connectivity index (χ4n) is 3.13. The number of benzene rings is 1. The lowest BCUT2D eigenvalue weighted by atomic mass is 10.1. The van der Waals surface area contributed by atoms with Crippen LogP contribution in [0.15, 0.2) is 40.2 Å². The summed E-state index contributed by atoms with van der Waals surface area (Å²) in [6.07, 6.45) is 0. The second-order valence-electron chi connectivity index (χ2n) is 6.48. The van der Waals surface area contributed by atoms with Gasteiger partial charge in [-0.25, -0.2) is 0 Å². The van der Waals surface area contributed by atoms with Crippen molar-refractivity contribution < 1.29 is 14.2 Å². The highest BCUT2D eigenvalue weighted by Crippen LogP contribution is 2.25. The molecule has 4 rings (SSSR count). The van der Waals surface area contributed by atoms with Gasteiger partial charge >= 0.3 is 0 Å². The Hall–Kier alpha value is -2.82. The van der Waals surface area contributed by atoms with Crippen LogP contribution in [0.1, 0.15) is 16.2 Å². The second-order valence-corrected chi connectivity index (χ2v) is 7.86. The van der Waals surface area contributed by atoms with Crippen molar-refractivity contribution in [3.05, 3.63) is 62.3 Å². The van der Waals surface area contributed by atoms with E-state index in [4.69, 9.17) is 16.1 Å². The van der Waals surface area contributed by atoms with Gasteiger partial charge in [0.25, 0.3) is 11.6 Å². The fraction of sp³-hybridized carbons (Fsp3) is 0.278. The molecule has 0 unspecified atom stereocenters. The van der Waals surface area contributed by atoms with Crippen LogP contribution in [-0.2, 0) is 6.54 Å². The first-order valence-electron chi connectivity index (χ1n) is 8.83. The van der Waals surface area contributed by atoms with E-state index in [2.05, 4.69) is 15.0 Å². The van der Waals surface area contributed by atoms with Crippen LogP contribution in [0.5, 0.6) is 0 Å². The van der Waals surface area contributed by atoms with Crippen LogP contribution in [0.2, 0.25) is 5.02 Å². The van der Waals surface area contributed by atoms with Gasteiger partial charge in [-0.1, -0.05) is 22.8 Å². The molecule has 0 saturated carbocycles. The Morgan fingerprint density at radius 3 is 2.76 bits per heavy atom. The van der Waals surface area contributed by atoms with Gasteiger partial charge in [0.05, 0.1) is 16.3 Å². The van der Waals surface area contributed by atoms with Gasteiger partial charge in [0, 0.05) is 37.3 Å². The Kier molecular flexibility index (Phi) is 5.56. The van der Waals surface area contributed by atoms with E-state index in [0.717, 1.165) is 4.88 Å². The van der Waals surface area contributed by atoms with Gasteiger partial charge in [-0.05, 0) is 23.6 Å². The molecule has 1 aliphatic heterocycles. The number of aromatic nitrogens is 2. The summed E-state index contributed by atoms with van der Waals surface area (Å²) in [4.78, 5) is 32.5. The van der Waals surface area contributed by atoms with Crippen LogP contribution in [0, 0.1) is 10.1 Å². The molecular formula is C18H16ClN5O4S. The molecule has 29 heavy (non-hydrogen) atoms. The van der Waals surface area contributed by atoms with E-state index in [1.54, 1.807) is 16.2 Å². The van der Waals surface area contributed by atoms with E-state index in [1.807, 2.05) is 17.5 Å². The number of amides is 1.